The predicted molar refractivity (Wildman–Crippen MR) is 87.6 cm³/mol. The Morgan fingerprint density at radius 1 is 1.05 bits per heavy atom. The van der Waals surface area contributed by atoms with Gasteiger partial charge in [-0.2, -0.15) is 0 Å². The van der Waals surface area contributed by atoms with Crippen LogP contribution in [-0.2, 0) is 11.2 Å². The largest absolute Gasteiger partial charge is 0.478 e. The van der Waals surface area contributed by atoms with Crippen LogP contribution in [0.5, 0.6) is 5.75 Å². The van der Waals surface area contributed by atoms with Crippen LogP contribution in [0.3, 0.4) is 0 Å². The third kappa shape index (κ3) is 3.88. The number of carboxylic acids is 1. The lowest BCUT2D eigenvalue weighted by Crippen LogP contribution is -2.29. The summed E-state index contributed by atoms with van der Waals surface area (Å²) in [5, 5.41) is 9.45. The SMILES string of the molecule is Cc1ccc(CC(Oc2cc(C)cc(C)c2C)C(=O)O)cc1. The smallest absolute Gasteiger partial charge is 0.345 e. The van der Waals surface area contributed by atoms with Gasteiger partial charge in [0.1, 0.15) is 5.75 Å². The van der Waals surface area contributed by atoms with Gasteiger partial charge in [0.2, 0.25) is 0 Å². The quantitative estimate of drug-likeness (QED) is 0.907. The summed E-state index contributed by atoms with van der Waals surface area (Å²) >= 11 is 0. The van der Waals surface area contributed by atoms with Crippen LogP contribution >= 0.6 is 0 Å². The first-order valence-electron chi connectivity index (χ1n) is 7.39. The molecule has 0 radical (unpaired) electrons. The van der Waals surface area contributed by atoms with E-state index in [1.807, 2.05) is 58.0 Å². The van der Waals surface area contributed by atoms with Gasteiger partial charge in [0, 0.05) is 6.42 Å². The molecule has 2 rings (SSSR count). The number of aryl methyl sites for hydroxylation is 3. The first-order chi connectivity index (χ1) is 10.4. The average Bonchev–Trinajstić information content (AvgIpc) is 2.45. The lowest BCUT2D eigenvalue weighted by Gasteiger charge is -2.18. The number of carboxylic acid groups (broad SMARTS) is 1. The summed E-state index contributed by atoms with van der Waals surface area (Å²) < 4.78 is 5.80. The number of rotatable bonds is 5. The minimum Gasteiger partial charge on any atom is -0.478 e. The van der Waals surface area contributed by atoms with Crippen molar-refractivity contribution in [2.45, 2.75) is 40.2 Å². The molecule has 0 fully saturated rings. The van der Waals surface area contributed by atoms with Crippen molar-refractivity contribution in [2.75, 3.05) is 0 Å². The van der Waals surface area contributed by atoms with Gasteiger partial charge in [-0.05, 0) is 56.0 Å². The molecule has 3 nitrogen and oxygen atoms in total. The van der Waals surface area contributed by atoms with Crippen molar-refractivity contribution < 1.29 is 14.6 Å². The molecule has 1 N–H and O–H groups in total. The van der Waals surface area contributed by atoms with Crippen LogP contribution in [0.2, 0.25) is 0 Å². The lowest BCUT2D eigenvalue weighted by atomic mass is 10.0. The van der Waals surface area contributed by atoms with E-state index in [1.165, 1.54) is 0 Å². The highest BCUT2D eigenvalue weighted by Gasteiger charge is 2.21. The highest BCUT2D eigenvalue weighted by atomic mass is 16.5. The van der Waals surface area contributed by atoms with Gasteiger partial charge in [-0.3, -0.25) is 0 Å². The Morgan fingerprint density at radius 2 is 1.68 bits per heavy atom. The molecule has 0 amide bonds. The van der Waals surface area contributed by atoms with Gasteiger partial charge in [0.05, 0.1) is 0 Å². The maximum atomic E-state index is 11.5. The second-order valence-electron chi connectivity index (χ2n) is 5.84. The van der Waals surface area contributed by atoms with Crippen molar-refractivity contribution in [3.05, 3.63) is 64.2 Å². The number of ether oxygens (including phenoxy) is 1. The molecule has 2 aromatic carbocycles. The normalized spacial score (nSPS) is 12.0. The van der Waals surface area contributed by atoms with E-state index < -0.39 is 12.1 Å². The summed E-state index contributed by atoms with van der Waals surface area (Å²) in [7, 11) is 0. The summed E-state index contributed by atoms with van der Waals surface area (Å²) in [6.45, 7) is 7.95. The summed E-state index contributed by atoms with van der Waals surface area (Å²) in [6, 6.07) is 11.8. The van der Waals surface area contributed by atoms with Crippen LogP contribution in [0, 0.1) is 27.7 Å². The molecule has 1 atom stereocenters. The monoisotopic (exact) mass is 298 g/mol. The molecule has 2 aromatic rings. The van der Waals surface area contributed by atoms with Crippen molar-refractivity contribution in [2.24, 2.45) is 0 Å². The zero-order valence-corrected chi connectivity index (χ0v) is 13.5. The van der Waals surface area contributed by atoms with E-state index in [1.54, 1.807) is 0 Å². The van der Waals surface area contributed by atoms with E-state index in [0.29, 0.717) is 12.2 Å². The van der Waals surface area contributed by atoms with Crippen molar-refractivity contribution in [1.29, 1.82) is 0 Å². The van der Waals surface area contributed by atoms with Crippen molar-refractivity contribution >= 4 is 5.97 Å². The lowest BCUT2D eigenvalue weighted by molar-refractivity contribution is -0.145. The molecule has 0 saturated carbocycles. The molecular formula is C19H22O3. The minimum absolute atomic E-state index is 0.349. The number of aliphatic carboxylic acids is 1. The van der Waals surface area contributed by atoms with Crippen LogP contribution in [0.1, 0.15) is 27.8 Å². The zero-order chi connectivity index (χ0) is 16.3. The molecular weight excluding hydrogens is 276 g/mol. The molecule has 0 aromatic heterocycles. The third-order valence-corrected chi connectivity index (χ3v) is 3.85. The fraction of sp³-hybridized carbons (Fsp3) is 0.316. The highest BCUT2D eigenvalue weighted by Crippen LogP contribution is 2.25. The van der Waals surface area contributed by atoms with E-state index in [4.69, 9.17) is 4.74 Å². The van der Waals surface area contributed by atoms with Crippen LogP contribution < -0.4 is 4.74 Å². The summed E-state index contributed by atoms with van der Waals surface area (Å²) in [5.41, 5.74) is 5.27. The first-order valence-corrected chi connectivity index (χ1v) is 7.39. The molecule has 0 aliphatic carbocycles. The fourth-order valence-corrected chi connectivity index (χ4v) is 2.39. The Hall–Kier alpha value is -2.29. The summed E-state index contributed by atoms with van der Waals surface area (Å²) in [5.74, 6) is -0.295. The minimum atomic E-state index is -0.945. The standard InChI is InChI=1S/C19H22O3/c1-12-5-7-16(8-6-12)11-18(19(20)21)22-17-10-13(2)9-14(3)15(17)4/h5-10,18H,11H2,1-4H3,(H,20,21). The molecule has 0 bridgehead atoms. The molecule has 1 unspecified atom stereocenters. The van der Waals surface area contributed by atoms with Crippen LogP contribution in [0.15, 0.2) is 36.4 Å². The van der Waals surface area contributed by atoms with Crippen LogP contribution in [0.4, 0.5) is 0 Å². The summed E-state index contributed by atoms with van der Waals surface area (Å²) in [4.78, 5) is 11.5. The Bertz CT molecular complexity index is 672. The number of hydrogen-bond donors (Lipinski definition) is 1. The topological polar surface area (TPSA) is 46.5 Å². The van der Waals surface area contributed by atoms with E-state index >= 15 is 0 Å². The Labute approximate surface area is 131 Å². The molecule has 0 spiro atoms. The average molecular weight is 298 g/mol. The van der Waals surface area contributed by atoms with Crippen LogP contribution in [0.25, 0.3) is 0 Å². The second-order valence-corrected chi connectivity index (χ2v) is 5.84. The van der Waals surface area contributed by atoms with Gasteiger partial charge >= 0.3 is 5.97 Å². The van der Waals surface area contributed by atoms with E-state index in [-0.39, 0.29) is 0 Å². The first kappa shape index (κ1) is 16.1. The third-order valence-electron chi connectivity index (χ3n) is 3.85. The Morgan fingerprint density at radius 3 is 2.27 bits per heavy atom. The molecule has 3 heteroatoms. The van der Waals surface area contributed by atoms with Crippen molar-refractivity contribution in [1.82, 2.24) is 0 Å². The molecule has 0 saturated heterocycles. The molecule has 116 valence electrons. The number of hydrogen-bond acceptors (Lipinski definition) is 2. The summed E-state index contributed by atoms with van der Waals surface area (Å²) in [6.07, 6.45) is -0.537. The Balaban J connectivity index is 2.22. The van der Waals surface area contributed by atoms with E-state index in [2.05, 4.69) is 6.07 Å². The van der Waals surface area contributed by atoms with Crippen LogP contribution in [-0.4, -0.2) is 17.2 Å². The second kappa shape index (κ2) is 6.65. The maximum absolute atomic E-state index is 11.5. The fourth-order valence-electron chi connectivity index (χ4n) is 2.39. The zero-order valence-electron chi connectivity index (χ0n) is 13.5. The maximum Gasteiger partial charge on any atom is 0.345 e. The van der Waals surface area contributed by atoms with Gasteiger partial charge < -0.3 is 9.84 Å². The molecule has 0 aliphatic heterocycles. The number of carbonyl (C=O) groups is 1. The van der Waals surface area contributed by atoms with Gasteiger partial charge in [-0.25, -0.2) is 4.79 Å². The van der Waals surface area contributed by atoms with E-state index in [0.717, 1.165) is 27.8 Å². The van der Waals surface area contributed by atoms with Gasteiger partial charge in [-0.15, -0.1) is 0 Å². The highest BCUT2D eigenvalue weighted by molar-refractivity contribution is 5.73. The van der Waals surface area contributed by atoms with Crippen molar-refractivity contribution in [3.63, 3.8) is 0 Å². The van der Waals surface area contributed by atoms with Crippen molar-refractivity contribution in [3.8, 4) is 5.75 Å². The predicted octanol–water partition coefficient (Wildman–Crippen LogP) is 3.99. The molecule has 0 heterocycles. The molecule has 0 aliphatic rings. The number of benzene rings is 2. The van der Waals surface area contributed by atoms with E-state index in [9.17, 15) is 9.90 Å². The van der Waals surface area contributed by atoms with Gasteiger partial charge in [-0.1, -0.05) is 35.9 Å². The van der Waals surface area contributed by atoms with Gasteiger partial charge in [0.15, 0.2) is 6.10 Å². The Kier molecular flexibility index (Phi) is 4.86. The van der Waals surface area contributed by atoms with Gasteiger partial charge in [0.25, 0.3) is 0 Å². The molecule has 22 heavy (non-hydrogen) atoms.